The third-order valence-electron chi connectivity index (χ3n) is 4.72. The molecule has 140 valence electrons. The van der Waals surface area contributed by atoms with E-state index in [0.29, 0.717) is 17.3 Å². The zero-order chi connectivity index (χ0) is 18.5. The molecule has 2 aliphatic rings. The van der Waals surface area contributed by atoms with Gasteiger partial charge >= 0.3 is 0 Å². The van der Waals surface area contributed by atoms with Crippen molar-refractivity contribution in [3.8, 4) is 0 Å². The van der Waals surface area contributed by atoms with Gasteiger partial charge in [-0.3, -0.25) is 19.5 Å². The lowest BCUT2D eigenvalue weighted by molar-refractivity contribution is -0.130. The molecule has 1 saturated carbocycles. The average Bonchev–Trinajstić information content (AvgIpc) is 2.93. The molecule has 26 heavy (non-hydrogen) atoms. The van der Waals surface area contributed by atoms with Crippen molar-refractivity contribution in [2.24, 2.45) is 4.99 Å². The van der Waals surface area contributed by atoms with Gasteiger partial charge in [-0.1, -0.05) is 54.8 Å². The van der Waals surface area contributed by atoms with Crippen LogP contribution in [0.15, 0.2) is 29.3 Å². The van der Waals surface area contributed by atoms with Crippen LogP contribution < -0.4 is 5.32 Å². The number of rotatable bonds is 5. The summed E-state index contributed by atoms with van der Waals surface area (Å²) in [6.07, 6.45) is 5.70. The zero-order valence-electron chi connectivity index (χ0n) is 14.9. The Morgan fingerprint density at radius 2 is 2.04 bits per heavy atom. The largest absolute Gasteiger partial charge is 0.325 e. The predicted molar refractivity (Wildman–Crippen MR) is 108 cm³/mol. The standard InChI is InChI=1S/C19H24ClN3O2S/c1-2-21-19-23(13-8-4-3-5-9-13)18(25)16(26-19)12-17(24)22-15-11-7-6-10-14(15)20/h6-7,10-11,13,16H,2-5,8-9,12H2,1H3,(H,22,24)/t16-/m1/s1. The van der Waals surface area contributed by atoms with E-state index in [-0.39, 0.29) is 24.3 Å². The number of carbonyl (C=O) groups excluding carboxylic acids is 2. The lowest BCUT2D eigenvalue weighted by Crippen LogP contribution is -2.42. The molecule has 2 fully saturated rings. The van der Waals surface area contributed by atoms with E-state index in [1.807, 2.05) is 24.0 Å². The minimum absolute atomic E-state index is 0.0170. The van der Waals surface area contributed by atoms with Gasteiger partial charge in [-0.25, -0.2) is 0 Å². The van der Waals surface area contributed by atoms with E-state index >= 15 is 0 Å². The molecular weight excluding hydrogens is 370 g/mol. The first-order valence-electron chi connectivity index (χ1n) is 9.18. The van der Waals surface area contributed by atoms with Crippen LogP contribution >= 0.6 is 23.4 Å². The van der Waals surface area contributed by atoms with Crippen LogP contribution in [0, 0.1) is 0 Å². The summed E-state index contributed by atoms with van der Waals surface area (Å²) in [7, 11) is 0. The number of amidine groups is 1. The molecule has 0 spiro atoms. The van der Waals surface area contributed by atoms with Gasteiger partial charge in [-0.2, -0.15) is 0 Å². The Morgan fingerprint density at radius 3 is 2.73 bits per heavy atom. The minimum Gasteiger partial charge on any atom is -0.325 e. The van der Waals surface area contributed by atoms with E-state index < -0.39 is 5.25 Å². The molecule has 0 aromatic heterocycles. The number of nitrogens with zero attached hydrogens (tertiary/aromatic N) is 2. The summed E-state index contributed by atoms with van der Waals surface area (Å²) < 4.78 is 0. The number of hydrogen-bond acceptors (Lipinski definition) is 4. The number of aliphatic imine (C=N–C) groups is 1. The third-order valence-corrected chi connectivity index (χ3v) is 6.24. The van der Waals surface area contributed by atoms with E-state index in [0.717, 1.165) is 30.9 Å². The Morgan fingerprint density at radius 1 is 1.31 bits per heavy atom. The summed E-state index contributed by atoms with van der Waals surface area (Å²) in [6, 6.07) is 7.33. The summed E-state index contributed by atoms with van der Waals surface area (Å²) in [5.74, 6) is -0.186. The lowest BCUT2D eigenvalue weighted by atomic mass is 9.94. The fraction of sp³-hybridized carbons (Fsp3) is 0.526. The molecule has 7 heteroatoms. The molecule has 3 rings (SSSR count). The Hall–Kier alpha value is -1.53. The van der Waals surface area contributed by atoms with Crippen molar-refractivity contribution in [3.05, 3.63) is 29.3 Å². The van der Waals surface area contributed by atoms with Crippen LogP contribution in [0.2, 0.25) is 5.02 Å². The van der Waals surface area contributed by atoms with Crippen LogP contribution in [0.3, 0.4) is 0 Å². The van der Waals surface area contributed by atoms with Gasteiger partial charge in [0.15, 0.2) is 5.17 Å². The van der Waals surface area contributed by atoms with Crippen LogP contribution in [-0.2, 0) is 9.59 Å². The summed E-state index contributed by atoms with van der Waals surface area (Å²) in [4.78, 5) is 31.8. The van der Waals surface area contributed by atoms with Gasteiger partial charge in [0.1, 0.15) is 5.25 Å². The molecule has 0 radical (unpaired) electrons. The molecule has 5 nitrogen and oxygen atoms in total. The van der Waals surface area contributed by atoms with Crippen LogP contribution in [-0.4, -0.2) is 39.7 Å². The molecule has 1 aromatic rings. The van der Waals surface area contributed by atoms with E-state index in [1.54, 1.807) is 12.1 Å². The fourth-order valence-corrected chi connectivity index (χ4v) is 4.91. The van der Waals surface area contributed by atoms with E-state index in [2.05, 4.69) is 10.3 Å². The Bertz CT molecular complexity index is 704. The predicted octanol–water partition coefficient (Wildman–Crippen LogP) is 4.32. The first kappa shape index (κ1) is 19.2. The highest BCUT2D eigenvalue weighted by atomic mass is 35.5. The van der Waals surface area contributed by atoms with Gasteiger partial charge in [0.2, 0.25) is 11.8 Å². The minimum atomic E-state index is -0.412. The van der Waals surface area contributed by atoms with Gasteiger partial charge in [0.25, 0.3) is 0 Å². The Kier molecular flexibility index (Phi) is 6.59. The van der Waals surface area contributed by atoms with E-state index in [4.69, 9.17) is 11.6 Å². The molecule has 1 saturated heterocycles. The second kappa shape index (κ2) is 8.91. The first-order valence-corrected chi connectivity index (χ1v) is 10.4. The van der Waals surface area contributed by atoms with Crippen LogP contribution in [0.25, 0.3) is 0 Å². The monoisotopic (exact) mass is 393 g/mol. The van der Waals surface area contributed by atoms with Crippen molar-refractivity contribution in [1.82, 2.24) is 4.90 Å². The van der Waals surface area contributed by atoms with Gasteiger partial charge in [0, 0.05) is 19.0 Å². The summed E-state index contributed by atoms with van der Waals surface area (Å²) in [6.45, 7) is 2.60. The molecule has 1 atom stereocenters. The zero-order valence-corrected chi connectivity index (χ0v) is 16.5. The maximum Gasteiger partial charge on any atom is 0.242 e. The number of carbonyl (C=O) groups is 2. The van der Waals surface area contributed by atoms with E-state index in [9.17, 15) is 9.59 Å². The molecule has 1 heterocycles. The molecule has 1 aromatic carbocycles. The Balaban J connectivity index is 1.68. The maximum atomic E-state index is 13.0. The highest BCUT2D eigenvalue weighted by Gasteiger charge is 2.42. The molecule has 0 bridgehead atoms. The SMILES string of the molecule is CCN=C1S[C@H](CC(=O)Nc2ccccc2Cl)C(=O)N1C1CCCCC1. The van der Waals surface area contributed by atoms with Crippen LogP contribution in [0.1, 0.15) is 45.4 Å². The smallest absolute Gasteiger partial charge is 0.242 e. The second-order valence-corrected chi connectivity index (χ2v) is 8.17. The topological polar surface area (TPSA) is 61.8 Å². The molecular formula is C19H24ClN3O2S. The Labute approximate surface area is 163 Å². The number of halogens is 1. The number of nitrogens with one attached hydrogen (secondary N) is 1. The number of hydrogen-bond donors (Lipinski definition) is 1. The van der Waals surface area contributed by atoms with Crippen molar-refractivity contribution >= 4 is 46.0 Å². The van der Waals surface area contributed by atoms with Crippen molar-refractivity contribution in [2.45, 2.75) is 56.7 Å². The summed E-state index contributed by atoms with van der Waals surface area (Å²) in [5.41, 5.74) is 0.571. The number of anilines is 1. The highest BCUT2D eigenvalue weighted by molar-refractivity contribution is 8.15. The lowest BCUT2D eigenvalue weighted by Gasteiger charge is -2.30. The maximum absolute atomic E-state index is 13.0. The normalized spacial score (nSPS) is 22.8. The quantitative estimate of drug-likeness (QED) is 0.810. The first-order chi connectivity index (χ1) is 12.6. The van der Waals surface area contributed by atoms with Crippen molar-refractivity contribution in [1.29, 1.82) is 0 Å². The number of para-hydroxylation sites is 1. The summed E-state index contributed by atoms with van der Waals surface area (Å²) >= 11 is 7.51. The second-order valence-electron chi connectivity index (χ2n) is 6.60. The van der Waals surface area contributed by atoms with Gasteiger partial charge in [-0.15, -0.1) is 0 Å². The number of thioether (sulfide) groups is 1. The van der Waals surface area contributed by atoms with Gasteiger partial charge in [0.05, 0.1) is 10.7 Å². The van der Waals surface area contributed by atoms with Crippen molar-refractivity contribution < 1.29 is 9.59 Å². The third kappa shape index (κ3) is 4.41. The molecule has 0 unspecified atom stereocenters. The molecule has 1 aliphatic carbocycles. The highest BCUT2D eigenvalue weighted by Crippen LogP contribution is 2.35. The van der Waals surface area contributed by atoms with E-state index in [1.165, 1.54) is 18.2 Å². The summed E-state index contributed by atoms with van der Waals surface area (Å²) in [5, 5.41) is 3.66. The number of amides is 2. The molecule has 2 amide bonds. The van der Waals surface area contributed by atoms with Gasteiger partial charge in [-0.05, 0) is 31.9 Å². The fourth-order valence-electron chi connectivity index (χ4n) is 3.47. The van der Waals surface area contributed by atoms with Crippen molar-refractivity contribution in [3.63, 3.8) is 0 Å². The molecule has 1 aliphatic heterocycles. The van der Waals surface area contributed by atoms with Crippen LogP contribution in [0.5, 0.6) is 0 Å². The molecule has 1 N–H and O–H groups in total. The average molecular weight is 394 g/mol. The van der Waals surface area contributed by atoms with Crippen molar-refractivity contribution in [2.75, 3.05) is 11.9 Å². The van der Waals surface area contributed by atoms with Gasteiger partial charge < -0.3 is 5.32 Å². The number of benzene rings is 1. The van der Waals surface area contributed by atoms with Crippen LogP contribution in [0.4, 0.5) is 5.69 Å².